The maximum Gasteiger partial charge on any atom is 0.329 e. The van der Waals surface area contributed by atoms with Crippen LogP contribution in [0.25, 0.3) is 0 Å². The third-order valence-electron chi connectivity index (χ3n) is 6.26. The zero-order valence-electron chi connectivity index (χ0n) is 15.4. The van der Waals surface area contributed by atoms with Crippen LogP contribution in [-0.4, -0.2) is 50.8 Å². The topological polar surface area (TPSA) is 80.8 Å². The highest BCUT2D eigenvalue weighted by atomic mass is 79.9. The van der Waals surface area contributed by atoms with E-state index in [1.54, 1.807) is 24.3 Å². The standard InChI is InChI=1S/C20H18Br2ClNO5/c1-8(20(28)29-7-13(25)9-2-4-10(23)5-3-9)24-18(26)14-11-6-12(15(14)19(24)27)17(22)16(11)21/h2-5,8,11-12,14-17H,6-7H2,1H3/t8-,11-,12-,14-,15+,16-,17+/m1/s1. The number of ether oxygens (including phenoxy) is 1. The van der Waals surface area contributed by atoms with Crippen LogP contribution in [0.1, 0.15) is 23.7 Å². The van der Waals surface area contributed by atoms with E-state index in [-0.39, 0.29) is 39.1 Å². The van der Waals surface area contributed by atoms with Crippen molar-refractivity contribution in [1.29, 1.82) is 0 Å². The summed E-state index contributed by atoms with van der Waals surface area (Å²) in [5.41, 5.74) is 0.362. The van der Waals surface area contributed by atoms with Crippen molar-refractivity contribution in [2.75, 3.05) is 6.61 Å². The molecule has 0 unspecified atom stereocenters. The lowest BCUT2D eigenvalue weighted by Gasteiger charge is -2.28. The van der Waals surface area contributed by atoms with Crippen molar-refractivity contribution in [3.05, 3.63) is 34.9 Å². The molecule has 29 heavy (non-hydrogen) atoms. The van der Waals surface area contributed by atoms with E-state index in [0.717, 1.165) is 11.3 Å². The lowest BCUT2D eigenvalue weighted by molar-refractivity contribution is -0.157. The van der Waals surface area contributed by atoms with Gasteiger partial charge in [0.1, 0.15) is 6.04 Å². The third-order valence-corrected chi connectivity index (χ3v) is 9.72. The van der Waals surface area contributed by atoms with Crippen LogP contribution in [0.15, 0.2) is 24.3 Å². The molecule has 1 aromatic carbocycles. The lowest BCUT2D eigenvalue weighted by atomic mass is 9.81. The van der Waals surface area contributed by atoms with Crippen LogP contribution >= 0.6 is 43.5 Å². The van der Waals surface area contributed by atoms with Gasteiger partial charge in [0.2, 0.25) is 11.8 Å². The molecule has 1 aromatic rings. The Morgan fingerprint density at radius 1 is 1.10 bits per heavy atom. The predicted molar refractivity (Wildman–Crippen MR) is 112 cm³/mol. The average Bonchev–Trinajstić information content (AvgIpc) is 3.30. The van der Waals surface area contributed by atoms with Gasteiger partial charge < -0.3 is 4.74 Å². The molecule has 3 aliphatic rings. The lowest BCUT2D eigenvalue weighted by Crippen LogP contribution is -2.45. The van der Waals surface area contributed by atoms with E-state index in [0.29, 0.717) is 10.6 Å². The van der Waals surface area contributed by atoms with Crippen molar-refractivity contribution in [2.45, 2.75) is 29.0 Å². The molecule has 4 rings (SSSR count). The Bertz CT molecular complexity index is 859. The Balaban J connectivity index is 1.42. The summed E-state index contributed by atoms with van der Waals surface area (Å²) in [5.74, 6) is -2.42. The molecule has 2 aliphatic carbocycles. The van der Waals surface area contributed by atoms with E-state index < -0.39 is 30.5 Å². The Morgan fingerprint density at radius 2 is 1.62 bits per heavy atom. The van der Waals surface area contributed by atoms with E-state index in [1.807, 2.05) is 0 Å². The van der Waals surface area contributed by atoms with Gasteiger partial charge in [0.15, 0.2) is 12.4 Å². The van der Waals surface area contributed by atoms with Crippen molar-refractivity contribution in [3.63, 3.8) is 0 Å². The number of rotatable bonds is 5. The summed E-state index contributed by atoms with van der Waals surface area (Å²) in [6.45, 7) is 0.997. The molecule has 2 saturated carbocycles. The summed E-state index contributed by atoms with van der Waals surface area (Å²) >= 11 is 13.1. The number of nitrogens with zero attached hydrogens (tertiary/aromatic N) is 1. The first-order chi connectivity index (χ1) is 13.7. The first kappa shape index (κ1) is 21.0. The number of amides is 2. The molecule has 7 atom stereocenters. The summed E-state index contributed by atoms with van der Waals surface area (Å²) in [7, 11) is 0. The van der Waals surface area contributed by atoms with Gasteiger partial charge in [0.25, 0.3) is 0 Å². The second-order valence-electron chi connectivity index (χ2n) is 7.76. The molecule has 2 amide bonds. The van der Waals surface area contributed by atoms with Gasteiger partial charge in [0.05, 0.1) is 11.8 Å². The quantitative estimate of drug-likeness (QED) is 0.245. The van der Waals surface area contributed by atoms with E-state index >= 15 is 0 Å². The Labute approximate surface area is 189 Å². The van der Waals surface area contributed by atoms with Gasteiger partial charge >= 0.3 is 5.97 Å². The van der Waals surface area contributed by atoms with E-state index in [4.69, 9.17) is 16.3 Å². The maximum atomic E-state index is 13.0. The zero-order chi connectivity index (χ0) is 21.0. The molecule has 9 heteroatoms. The van der Waals surface area contributed by atoms with Crippen molar-refractivity contribution in [3.8, 4) is 0 Å². The van der Waals surface area contributed by atoms with Crippen molar-refractivity contribution in [1.82, 2.24) is 4.90 Å². The number of fused-ring (bicyclic) bond motifs is 5. The number of ketones is 1. The SMILES string of the molecule is C[C@H](C(=O)OCC(=O)c1ccc(Cl)cc1)N1C(=O)[C@@H]2[C@H]3C[C@@H]([C@H](Br)[C@@H]3Br)[C@@H]2C1=O. The number of halogens is 3. The molecule has 0 spiro atoms. The molecule has 0 N–H and O–H groups in total. The number of imide groups is 1. The number of carbonyl (C=O) groups is 4. The second-order valence-corrected chi connectivity index (χ2v) is 10.3. The summed E-state index contributed by atoms with van der Waals surface area (Å²) < 4.78 is 5.11. The summed E-state index contributed by atoms with van der Waals surface area (Å²) in [6.07, 6.45) is 0.820. The minimum absolute atomic E-state index is 0.0746. The normalized spacial score (nSPS) is 33.7. The first-order valence-corrected chi connectivity index (χ1v) is 11.5. The van der Waals surface area contributed by atoms with Crippen molar-refractivity contribution in [2.24, 2.45) is 23.7 Å². The number of hydrogen-bond donors (Lipinski definition) is 0. The molecule has 0 radical (unpaired) electrons. The Hall–Kier alpha value is -1.25. The van der Waals surface area contributed by atoms with Gasteiger partial charge in [-0.1, -0.05) is 43.5 Å². The number of esters is 1. The predicted octanol–water partition coefficient (Wildman–Crippen LogP) is 3.23. The van der Waals surface area contributed by atoms with Crippen LogP contribution < -0.4 is 0 Å². The molecule has 2 bridgehead atoms. The van der Waals surface area contributed by atoms with Crippen LogP contribution in [0.4, 0.5) is 0 Å². The van der Waals surface area contributed by atoms with Crippen molar-refractivity contribution >= 4 is 67.0 Å². The van der Waals surface area contributed by atoms with Crippen LogP contribution in [0, 0.1) is 23.7 Å². The van der Waals surface area contributed by atoms with Gasteiger partial charge in [-0.3, -0.25) is 19.3 Å². The number of alkyl halides is 2. The smallest absolute Gasteiger partial charge is 0.329 e. The fraction of sp³-hybridized carbons (Fsp3) is 0.500. The fourth-order valence-corrected chi connectivity index (χ4v) is 6.83. The van der Waals surface area contributed by atoms with Crippen LogP contribution in [-0.2, 0) is 19.1 Å². The van der Waals surface area contributed by atoms with Gasteiger partial charge in [-0.2, -0.15) is 0 Å². The molecule has 0 aromatic heterocycles. The van der Waals surface area contributed by atoms with Crippen LogP contribution in [0.2, 0.25) is 5.02 Å². The highest BCUT2D eigenvalue weighted by molar-refractivity contribution is 9.12. The maximum absolute atomic E-state index is 13.0. The fourth-order valence-electron chi connectivity index (χ4n) is 4.84. The molecule has 6 nitrogen and oxygen atoms in total. The van der Waals surface area contributed by atoms with Crippen LogP contribution in [0.3, 0.4) is 0 Å². The number of likely N-dealkylation sites (tertiary alicyclic amines) is 1. The Kier molecular flexibility index (Phi) is 5.63. The molecule has 1 aliphatic heterocycles. The van der Waals surface area contributed by atoms with Crippen LogP contribution in [0.5, 0.6) is 0 Å². The van der Waals surface area contributed by atoms with Gasteiger partial charge in [-0.15, -0.1) is 0 Å². The molecular weight excluding hydrogens is 529 g/mol. The monoisotopic (exact) mass is 545 g/mol. The number of benzene rings is 1. The molecular formula is C20H18Br2ClNO5. The molecule has 154 valence electrons. The molecule has 3 fully saturated rings. The molecule has 1 heterocycles. The first-order valence-electron chi connectivity index (χ1n) is 9.32. The van der Waals surface area contributed by atoms with Gasteiger partial charge in [-0.25, -0.2) is 4.79 Å². The van der Waals surface area contributed by atoms with Crippen molar-refractivity contribution < 1.29 is 23.9 Å². The summed E-state index contributed by atoms with van der Waals surface area (Å²) in [6, 6.07) is 5.16. The zero-order valence-corrected chi connectivity index (χ0v) is 19.3. The van der Waals surface area contributed by atoms with E-state index in [2.05, 4.69) is 31.9 Å². The van der Waals surface area contributed by atoms with E-state index in [9.17, 15) is 19.2 Å². The van der Waals surface area contributed by atoms with Gasteiger partial charge in [0, 0.05) is 20.2 Å². The van der Waals surface area contributed by atoms with E-state index in [1.165, 1.54) is 6.92 Å². The minimum atomic E-state index is -1.07. The number of hydrogen-bond acceptors (Lipinski definition) is 5. The second kappa shape index (κ2) is 7.78. The summed E-state index contributed by atoms with van der Waals surface area (Å²) in [4.78, 5) is 51.9. The van der Waals surface area contributed by atoms with Gasteiger partial charge in [-0.05, 0) is 49.4 Å². The average molecular weight is 548 g/mol. The highest BCUT2D eigenvalue weighted by Crippen LogP contribution is 2.60. The highest BCUT2D eigenvalue weighted by Gasteiger charge is 2.67. The third kappa shape index (κ3) is 3.37. The number of Topliss-reactive ketones (excluding diaryl/α,β-unsaturated/α-hetero) is 1. The minimum Gasteiger partial charge on any atom is -0.456 e. The Morgan fingerprint density at radius 3 is 2.14 bits per heavy atom. The number of carbonyl (C=O) groups excluding carboxylic acids is 4. The summed E-state index contributed by atoms with van der Waals surface area (Å²) in [5, 5.41) is 0.495. The molecule has 1 saturated heterocycles. The largest absolute Gasteiger partial charge is 0.456 e.